The molecule has 0 radical (unpaired) electrons. The lowest BCUT2D eigenvalue weighted by Crippen LogP contribution is -2.14. The summed E-state index contributed by atoms with van der Waals surface area (Å²) in [6.45, 7) is 4.01. The zero-order chi connectivity index (χ0) is 20.8. The molecule has 0 atom stereocenters. The summed E-state index contributed by atoms with van der Waals surface area (Å²) < 4.78 is 14.9. The van der Waals surface area contributed by atoms with Gasteiger partial charge in [-0.05, 0) is 54.8 Å². The summed E-state index contributed by atoms with van der Waals surface area (Å²) in [7, 11) is 1.90. The SMILES string of the molecule is Cc1cc(C)cc(NC(=O)CSc2nnc(CSCc3ccc(F)cc3)n2C)c1. The van der Waals surface area contributed by atoms with E-state index in [1.807, 2.05) is 37.6 Å². The molecule has 3 rings (SSSR count). The third-order valence-electron chi connectivity index (χ3n) is 4.18. The van der Waals surface area contributed by atoms with Crippen molar-refractivity contribution in [1.29, 1.82) is 0 Å². The summed E-state index contributed by atoms with van der Waals surface area (Å²) in [6.07, 6.45) is 0. The third kappa shape index (κ3) is 6.33. The normalized spacial score (nSPS) is 10.9. The maximum absolute atomic E-state index is 13.0. The van der Waals surface area contributed by atoms with E-state index < -0.39 is 0 Å². The molecule has 5 nitrogen and oxygen atoms in total. The molecule has 1 N–H and O–H groups in total. The fourth-order valence-corrected chi connectivity index (χ4v) is 4.51. The maximum Gasteiger partial charge on any atom is 0.234 e. The Hall–Kier alpha value is -2.32. The molecule has 1 heterocycles. The molecule has 0 saturated carbocycles. The van der Waals surface area contributed by atoms with Crippen molar-refractivity contribution in [1.82, 2.24) is 14.8 Å². The number of carbonyl (C=O) groups is 1. The molecule has 0 aliphatic rings. The Bertz CT molecular complexity index is 969. The van der Waals surface area contributed by atoms with E-state index in [0.717, 1.165) is 34.0 Å². The minimum Gasteiger partial charge on any atom is -0.325 e. The van der Waals surface area contributed by atoms with Gasteiger partial charge < -0.3 is 9.88 Å². The molecule has 0 saturated heterocycles. The number of anilines is 1. The van der Waals surface area contributed by atoms with Crippen LogP contribution in [0.1, 0.15) is 22.5 Å². The van der Waals surface area contributed by atoms with Crippen molar-refractivity contribution in [2.45, 2.75) is 30.5 Å². The van der Waals surface area contributed by atoms with Crippen molar-refractivity contribution in [2.75, 3.05) is 11.1 Å². The van der Waals surface area contributed by atoms with Crippen LogP contribution in [0.25, 0.3) is 0 Å². The van der Waals surface area contributed by atoms with E-state index in [2.05, 4.69) is 21.6 Å². The lowest BCUT2D eigenvalue weighted by Gasteiger charge is -2.07. The van der Waals surface area contributed by atoms with Gasteiger partial charge in [0.2, 0.25) is 5.91 Å². The second-order valence-corrected chi connectivity index (χ2v) is 8.72. The Morgan fingerprint density at radius 2 is 1.76 bits per heavy atom. The van der Waals surface area contributed by atoms with E-state index in [9.17, 15) is 9.18 Å². The molecule has 29 heavy (non-hydrogen) atoms. The van der Waals surface area contributed by atoms with Crippen LogP contribution < -0.4 is 5.32 Å². The van der Waals surface area contributed by atoms with Crippen molar-refractivity contribution in [3.63, 3.8) is 0 Å². The number of nitrogens with zero attached hydrogens (tertiary/aromatic N) is 3. The minimum absolute atomic E-state index is 0.0739. The maximum atomic E-state index is 13.0. The monoisotopic (exact) mass is 430 g/mol. The number of aryl methyl sites for hydroxylation is 2. The standard InChI is InChI=1S/C21H23FN4OS2/c1-14-8-15(2)10-18(9-14)23-20(27)13-29-21-25-24-19(26(21)3)12-28-11-16-4-6-17(22)7-5-16/h4-10H,11-13H2,1-3H3,(H,23,27). The Kier molecular flexibility index (Phi) is 7.33. The van der Waals surface area contributed by atoms with Crippen molar-refractivity contribution >= 4 is 35.1 Å². The lowest BCUT2D eigenvalue weighted by atomic mass is 10.1. The number of aromatic nitrogens is 3. The van der Waals surface area contributed by atoms with Gasteiger partial charge in [0.15, 0.2) is 5.16 Å². The van der Waals surface area contributed by atoms with Crippen LogP contribution >= 0.6 is 23.5 Å². The number of rotatable bonds is 8. The van der Waals surface area contributed by atoms with E-state index in [1.54, 1.807) is 23.9 Å². The molecule has 0 fully saturated rings. The molecule has 0 unspecified atom stereocenters. The van der Waals surface area contributed by atoms with Gasteiger partial charge in [-0.1, -0.05) is 30.0 Å². The molecule has 152 valence electrons. The molecule has 0 aliphatic carbocycles. The van der Waals surface area contributed by atoms with Crippen LogP contribution in [0.2, 0.25) is 0 Å². The number of carbonyl (C=O) groups excluding carboxylic acids is 1. The molecule has 0 bridgehead atoms. The highest BCUT2D eigenvalue weighted by Gasteiger charge is 2.12. The highest BCUT2D eigenvalue weighted by molar-refractivity contribution is 7.99. The molecular formula is C21H23FN4OS2. The zero-order valence-electron chi connectivity index (χ0n) is 16.6. The molecule has 2 aromatic carbocycles. The van der Waals surface area contributed by atoms with Crippen molar-refractivity contribution in [3.05, 3.63) is 70.8 Å². The minimum atomic E-state index is -0.227. The van der Waals surface area contributed by atoms with E-state index in [-0.39, 0.29) is 17.5 Å². The Balaban J connectivity index is 1.48. The van der Waals surface area contributed by atoms with E-state index in [1.165, 1.54) is 23.9 Å². The average molecular weight is 431 g/mol. The van der Waals surface area contributed by atoms with Gasteiger partial charge in [0.1, 0.15) is 11.6 Å². The summed E-state index contributed by atoms with van der Waals surface area (Å²) in [4.78, 5) is 12.3. The van der Waals surface area contributed by atoms with Gasteiger partial charge in [-0.3, -0.25) is 4.79 Å². The molecule has 0 aliphatic heterocycles. The first-order chi connectivity index (χ1) is 13.9. The van der Waals surface area contributed by atoms with Gasteiger partial charge in [0.05, 0.1) is 11.5 Å². The number of amides is 1. The molecule has 1 aromatic heterocycles. The van der Waals surface area contributed by atoms with Crippen LogP contribution in [0, 0.1) is 19.7 Å². The predicted molar refractivity (Wildman–Crippen MR) is 118 cm³/mol. The highest BCUT2D eigenvalue weighted by atomic mass is 32.2. The number of halogens is 1. The van der Waals surface area contributed by atoms with Crippen molar-refractivity contribution < 1.29 is 9.18 Å². The Morgan fingerprint density at radius 1 is 1.07 bits per heavy atom. The van der Waals surface area contributed by atoms with E-state index >= 15 is 0 Å². The van der Waals surface area contributed by atoms with Crippen molar-refractivity contribution in [3.8, 4) is 0 Å². The molecule has 1 amide bonds. The zero-order valence-corrected chi connectivity index (χ0v) is 18.2. The first kappa shape index (κ1) is 21.4. The fraction of sp³-hybridized carbons (Fsp3) is 0.286. The summed E-state index contributed by atoms with van der Waals surface area (Å²) in [5, 5.41) is 12.1. The van der Waals surface area contributed by atoms with Gasteiger partial charge in [-0.2, -0.15) is 0 Å². The second kappa shape index (κ2) is 9.93. The summed E-state index contributed by atoms with van der Waals surface area (Å²) in [6, 6.07) is 12.5. The summed E-state index contributed by atoms with van der Waals surface area (Å²) >= 11 is 3.05. The average Bonchev–Trinajstić information content (AvgIpc) is 3.01. The first-order valence-electron chi connectivity index (χ1n) is 9.12. The number of thioether (sulfide) groups is 2. The predicted octanol–water partition coefficient (Wildman–Crippen LogP) is 4.74. The van der Waals surface area contributed by atoms with Gasteiger partial charge in [-0.25, -0.2) is 4.39 Å². The van der Waals surface area contributed by atoms with Crippen LogP contribution in [0.5, 0.6) is 0 Å². The van der Waals surface area contributed by atoms with Crippen LogP contribution in [0.15, 0.2) is 47.6 Å². The quantitative estimate of drug-likeness (QED) is 0.523. The molecular weight excluding hydrogens is 407 g/mol. The molecule has 0 spiro atoms. The number of hydrogen-bond donors (Lipinski definition) is 1. The molecule has 8 heteroatoms. The number of nitrogens with one attached hydrogen (secondary N) is 1. The Morgan fingerprint density at radius 3 is 2.45 bits per heavy atom. The van der Waals surface area contributed by atoms with Gasteiger partial charge in [0, 0.05) is 18.5 Å². The molecule has 3 aromatic rings. The van der Waals surface area contributed by atoms with Crippen LogP contribution in [0.4, 0.5) is 10.1 Å². The lowest BCUT2D eigenvalue weighted by molar-refractivity contribution is -0.113. The topological polar surface area (TPSA) is 59.8 Å². The summed E-state index contributed by atoms with van der Waals surface area (Å²) in [5.41, 5.74) is 4.10. The Labute approximate surface area is 178 Å². The van der Waals surface area contributed by atoms with Gasteiger partial charge in [0.25, 0.3) is 0 Å². The number of hydrogen-bond acceptors (Lipinski definition) is 5. The second-order valence-electron chi connectivity index (χ2n) is 6.79. The van der Waals surface area contributed by atoms with Gasteiger partial charge >= 0.3 is 0 Å². The third-order valence-corrected chi connectivity index (χ3v) is 6.20. The smallest absolute Gasteiger partial charge is 0.234 e. The largest absolute Gasteiger partial charge is 0.325 e. The summed E-state index contributed by atoms with van der Waals surface area (Å²) in [5.74, 6) is 2.27. The van der Waals surface area contributed by atoms with Crippen LogP contribution in [0.3, 0.4) is 0 Å². The van der Waals surface area contributed by atoms with Crippen LogP contribution in [-0.4, -0.2) is 26.4 Å². The van der Waals surface area contributed by atoms with E-state index in [4.69, 9.17) is 0 Å². The first-order valence-corrected chi connectivity index (χ1v) is 11.3. The number of benzene rings is 2. The van der Waals surface area contributed by atoms with Crippen LogP contribution in [-0.2, 0) is 23.3 Å². The highest BCUT2D eigenvalue weighted by Crippen LogP contribution is 2.21. The van der Waals surface area contributed by atoms with E-state index in [0.29, 0.717) is 10.9 Å². The van der Waals surface area contributed by atoms with Crippen molar-refractivity contribution in [2.24, 2.45) is 7.05 Å². The fourth-order valence-electron chi connectivity index (χ4n) is 2.81. The van der Waals surface area contributed by atoms with Gasteiger partial charge in [-0.15, -0.1) is 22.0 Å².